The van der Waals surface area contributed by atoms with Crippen molar-refractivity contribution in [3.63, 3.8) is 0 Å². The summed E-state index contributed by atoms with van der Waals surface area (Å²) < 4.78 is 0. The molecule has 26 heavy (non-hydrogen) atoms. The molecular weight excluding hydrogens is 332 g/mol. The Morgan fingerprint density at radius 2 is 1.73 bits per heavy atom. The van der Waals surface area contributed by atoms with Crippen molar-refractivity contribution in [1.29, 1.82) is 0 Å². The van der Waals surface area contributed by atoms with Crippen LogP contribution in [0.25, 0.3) is 0 Å². The predicted octanol–water partition coefficient (Wildman–Crippen LogP) is 2.73. The van der Waals surface area contributed by atoms with Crippen LogP contribution in [0.4, 0.5) is 11.5 Å². The van der Waals surface area contributed by atoms with Gasteiger partial charge in [-0.15, -0.1) is 0 Å². The molecule has 2 aromatic rings. The van der Waals surface area contributed by atoms with Crippen LogP contribution in [0.2, 0.25) is 0 Å². The van der Waals surface area contributed by atoms with Crippen molar-refractivity contribution in [3.05, 3.63) is 53.2 Å². The molecule has 0 aliphatic carbocycles. The molecule has 0 aliphatic heterocycles. The monoisotopic (exact) mass is 354 g/mol. The average molecular weight is 354 g/mol. The van der Waals surface area contributed by atoms with Gasteiger partial charge in [0.2, 0.25) is 11.8 Å². The highest BCUT2D eigenvalue weighted by atomic mass is 16.2. The minimum atomic E-state index is -0.585. The number of pyridine rings is 1. The van der Waals surface area contributed by atoms with Gasteiger partial charge in [-0.3, -0.25) is 14.4 Å². The summed E-state index contributed by atoms with van der Waals surface area (Å²) in [6.45, 7) is 7.16. The Labute approximate surface area is 152 Å². The summed E-state index contributed by atoms with van der Waals surface area (Å²) in [5, 5.41) is 5.39. The number of hydrogen-bond donors (Lipinski definition) is 3. The zero-order valence-electron chi connectivity index (χ0n) is 15.2. The van der Waals surface area contributed by atoms with Gasteiger partial charge in [0, 0.05) is 16.5 Å². The van der Waals surface area contributed by atoms with Gasteiger partial charge in [-0.2, -0.15) is 0 Å². The summed E-state index contributed by atoms with van der Waals surface area (Å²) >= 11 is 0. The molecular formula is C19H22N4O3. The van der Waals surface area contributed by atoms with E-state index in [1.54, 1.807) is 52.0 Å². The zero-order chi connectivity index (χ0) is 19.5. The van der Waals surface area contributed by atoms with Crippen molar-refractivity contribution in [2.24, 2.45) is 11.1 Å². The molecule has 0 saturated heterocycles. The third kappa shape index (κ3) is 4.66. The quantitative estimate of drug-likeness (QED) is 0.783. The van der Waals surface area contributed by atoms with Gasteiger partial charge in [-0.25, -0.2) is 4.98 Å². The molecule has 0 bridgehead atoms. The SMILES string of the molecule is Cc1ccc(C(=O)Nc2ccc(NC(=O)C(C)(C)C)nc2)cc1C(N)=O. The first-order valence-corrected chi connectivity index (χ1v) is 8.07. The number of primary amides is 1. The van der Waals surface area contributed by atoms with Crippen LogP contribution in [0.3, 0.4) is 0 Å². The summed E-state index contributed by atoms with van der Waals surface area (Å²) in [6.07, 6.45) is 1.44. The second-order valence-electron chi connectivity index (χ2n) is 6.98. The van der Waals surface area contributed by atoms with Gasteiger partial charge in [0.25, 0.3) is 5.91 Å². The van der Waals surface area contributed by atoms with Crippen LogP contribution >= 0.6 is 0 Å². The lowest BCUT2D eigenvalue weighted by molar-refractivity contribution is -0.123. The summed E-state index contributed by atoms with van der Waals surface area (Å²) in [6, 6.07) is 7.97. The van der Waals surface area contributed by atoms with E-state index in [2.05, 4.69) is 15.6 Å². The van der Waals surface area contributed by atoms with Gasteiger partial charge in [-0.1, -0.05) is 26.8 Å². The Bertz CT molecular complexity index is 852. The second-order valence-corrected chi connectivity index (χ2v) is 6.98. The van der Waals surface area contributed by atoms with Crippen LogP contribution in [-0.2, 0) is 4.79 Å². The number of carbonyl (C=O) groups excluding carboxylic acids is 3. The third-order valence-electron chi connectivity index (χ3n) is 3.71. The van der Waals surface area contributed by atoms with Gasteiger partial charge in [-0.05, 0) is 36.8 Å². The van der Waals surface area contributed by atoms with E-state index in [1.807, 2.05) is 0 Å². The Morgan fingerprint density at radius 3 is 2.27 bits per heavy atom. The largest absolute Gasteiger partial charge is 0.366 e. The molecule has 4 N–H and O–H groups in total. The van der Waals surface area contributed by atoms with Gasteiger partial charge in [0.1, 0.15) is 5.82 Å². The topological polar surface area (TPSA) is 114 Å². The van der Waals surface area contributed by atoms with Gasteiger partial charge in [0.15, 0.2) is 0 Å². The molecule has 7 heteroatoms. The molecule has 0 saturated carbocycles. The molecule has 1 heterocycles. The zero-order valence-corrected chi connectivity index (χ0v) is 15.2. The lowest BCUT2D eigenvalue weighted by atomic mass is 9.96. The smallest absolute Gasteiger partial charge is 0.255 e. The molecule has 0 atom stereocenters. The van der Waals surface area contributed by atoms with E-state index in [9.17, 15) is 14.4 Å². The van der Waals surface area contributed by atoms with Crippen molar-refractivity contribution in [2.75, 3.05) is 10.6 Å². The predicted molar refractivity (Wildman–Crippen MR) is 100.0 cm³/mol. The van der Waals surface area contributed by atoms with Crippen LogP contribution < -0.4 is 16.4 Å². The maximum atomic E-state index is 12.3. The van der Waals surface area contributed by atoms with Crippen LogP contribution in [0.1, 0.15) is 47.1 Å². The number of benzene rings is 1. The van der Waals surface area contributed by atoms with Crippen LogP contribution in [0, 0.1) is 12.3 Å². The van der Waals surface area contributed by atoms with Gasteiger partial charge >= 0.3 is 0 Å². The lowest BCUT2D eigenvalue weighted by Crippen LogP contribution is -2.28. The first kappa shape index (κ1) is 19.1. The van der Waals surface area contributed by atoms with Crippen molar-refractivity contribution in [1.82, 2.24) is 4.98 Å². The number of nitrogens with two attached hydrogens (primary N) is 1. The summed E-state index contributed by atoms with van der Waals surface area (Å²) in [5.74, 6) is -0.728. The maximum Gasteiger partial charge on any atom is 0.255 e. The number of nitrogens with zero attached hydrogens (tertiary/aromatic N) is 1. The number of nitrogens with one attached hydrogen (secondary N) is 2. The van der Waals surface area contributed by atoms with Crippen LogP contribution in [0.5, 0.6) is 0 Å². The maximum absolute atomic E-state index is 12.3. The average Bonchev–Trinajstić information content (AvgIpc) is 2.55. The molecule has 0 aliphatic rings. The van der Waals surface area contributed by atoms with Crippen molar-refractivity contribution >= 4 is 29.2 Å². The normalized spacial score (nSPS) is 10.9. The fourth-order valence-electron chi connectivity index (χ4n) is 2.08. The number of anilines is 2. The molecule has 0 radical (unpaired) electrons. The van der Waals surface area contributed by atoms with Crippen molar-refractivity contribution in [3.8, 4) is 0 Å². The van der Waals surface area contributed by atoms with Gasteiger partial charge < -0.3 is 16.4 Å². The van der Waals surface area contributed by atoms with E-state index in [4.69, 9.17) is 5.73 Å². The summed E-state index contributed by atoms with van der Waals surface area (Å²) in [7, 11) is 0. The summed E-state index contributed by atoms with van der Waals surface area (Å²) in [4.78, 5) is 39.8. The number of hydrogen-bond acceptors (Lipinski definition) is 4. The standard InChI is InChI=1S/C19H22N4O3/c1-11-5-6-12(9-14(11)16(20)24)17(25)22-13-7-8-15(21-10-13)23-18(26)19(2,3)4/h5-10H,1-4H3,(H2,20,24)(H,22,25)(H,21,23,26). The van der Waals surface area contributed by atoms with E-state index in [0.29, 0.717) is 28.2 Å². The van der Waals surface area contributed by atoms with E-state index in [-0.39, 0.29) is 11.8 Å². The molecule has 1 aromatic carbocycles. The molecule has 0 fully saturated rings. The number of carbonyl (C=O) groups is 3. The Hall–Kier alpha value is -3.22. The van der Waals surface area contributed by atoms with E-state index < -0.39 is 11.3 Å². The number of amides is 3. The highest BCUT2D eigenvalue weighted by Crippen LogP contribution is 2.18. The molecule has 7 nitrogen and oxygen atoms in total. The fraction of sp³-hybridized carbons (Fsp3) is 0.263. The molecule has 3 amide bonds. The van der Waals surface area contributed by atoms with Crippen LogP contribution in [-0.4, -0.2) is 22.7 Å². The van der Waals surface area contributed by atoms with Gasteiger partial charge in [0.05, 0.1) is 11.9 Å². The molecule has 0 unspecified atom stereocenters. The minimum absolute atomic E-state index is 0.152. The number of aryl methyl sites for hydroxylation is 1. The molecule has 136 valence electrons. The van der Waals surface area contributed by atoms with Crippen LogP contribution in [0.15, 0.2) is 36.5 Å². The van der Waals surface area contributed by atoms with Crippen molar-refractivity contribution in [2.45, 2.75) is 27.7 Å². The van der Waals surface area contributed by atoms with E-state index in [1.165, 1.54) is 12.3 Å². The second kappa shape index (κ2) is 7.35. The van der Waals surface area contributed by atoms with E-state index >= 15 is 0 Å². The first-order valence-electron chi connectivity index (χ1n) is 8.07. The van der Waals surface area contributed by atoms with E-state index in [0.717, 1.165) is 0 Å². The Balaban J connectivity index is 2.09. The highest BCUT2D eigenvalue weighted by Gasteiger charge is 2.21. The first-order chi connectivity index (χ1) is 12.1. The minimum Gasteiger partial charge on any atom is -0.366 e. The molecule has 0 spiro atoms. The lowest BCUT2D eigenvalue weighted by Gasteiger charge is -2.17. The highest BCUT2D eigenvalue weighted by molar-refractivity contribution is 6.06. The fourth-order valence-corrected chi connectivity index (χ4v) is 2.08. The summed E-state index contributed by atoms with van der Waals surface area (Å²) in [5.41, 5.74) is 6.56. The number of rotatable bonds is 4. The van der Waals surface area contributed by atoms with Crippen molar-refractivity contribution < 1.29 is 14.4 Å². The Morgan fingerprint density at radius 1 is 1.04 bits per heavy atom. The Kier molecular flexibility index (Phi) is 5.40. The molecule has 1 aromatic heterocycles. The third-order valence-corrected chi connectivity index (χ3v) is 3.71. The molecule has 2 rings (SSSR count). The number of aromatic nitrogens is 1.